The van der Waals surface area contributed by atoms with Crippen LogP contribution < -0.4 is 5.48 Å². The second-order valence-corrected chi connectivity index (χ2v) is 5.34. The Kier molecular flexibility index (Phi) is 4.81. The Morgan fingerprint density at radius 1 is 1.47 bits per heavy atom. The van der Waals surface area contributed by atoms with Gasteiger partial charge in [-0.25, -0.2) is 10.5 Å². The smallest absolute Gasteiger partial charge is 0.256 e. The van der Waals surface area contributed by atoms with Gasteiger partial charge in [0, 0.05) is 12.2 Å². The molecule has 0 fully saturated rings. The second-order valence-electron chi connectivity index (χ2n) is 4.29. The van der Waals surface area contributed by atoms with Gasteiger partial charge in [0.1, 0.15) is 5.52 Å². The second kappa shape index (κ2) is 6.58. The minimum Gasteiger partial charge on any atom is -0.431 e. The number of nitrogens with zero attached hydrogens (tertiary/aromatic N) is 1. The van der Waals surface area contributed by atoms with Gasteiger partial charge in [0.25, 0.3) is 5.22 Å². The molecule has 1 heterocycles. The SMILES string of the molecule is Cc1ccc2oc(SCCCCC(=O)NO)nc2c1. The number of rotatable bonds is 6. The average Bonchev–Trinajstić information content (AvgIpc) is 2.79. The van der Waals surface area contributed by atoms with Crippen LogP contribution in [0, 0.1) is 6.92 Å². The van der Waals surface area contributed by atoms with Crippen molar-refractivity contribution in [1.82, 2.24) is 10.5 Å². The summed E-state index contributed by atoms with van der Waals surface area (Å²) in [5, 5.41) is 9.00. The molecule has 2 N–H and O–H groups in total. The summed E-state index contributed by atoms with van der Waals surface area (Å²) in [6.07, 6.45) is 1.94. The third-order valence-corrected chi connectivity index (χ3v) is 3.59. The highest BCUT2D eigenvalue weighted by molar-refractivity contribution is 7.99. The lowest BCUT2D eigenvalue weighted by Crippen LogP contribution is -2.17. The number of carbonyl (C=O) groups is 1. The van der Waals surface area contributed by atoms with Crippen LogP contribution >= 0.6 is 11.8 Å². The van der Waals surface area contributed by atoms with Crippen molar-refractivity contribution in [2.75, 3.05) is 5.75 Å². The van der Waals surface area contributed by atoms with E-state index in [1.165, 1.54) is 11.8 Å². The van der Waals surface area contributed by atoms with Gasteiger partial charge in [-0.3, -0.25) is 10.0 Å². The summed E-state index contributed by atoms with van der Waals surface area (Å²) < 4.78 is 5.60. The maximum Gasteiger partial charge on any atom is 0.256 e. The van der Waals surface area contributed by atoms with Gasteiger partial charge in [-0.15, -0.1) is 0 Å². The number of nitrogens with one attached hydrogen (secondary N) is 1. The van der Waals surface area contributed by atoms with E-state index in [1.807, 2.05) is 25.1 Å². The van der Waals surface area contributed by atoms with Gasteiger partial charge in [-0.2, -0.15) is 0 Å². The molecular weight excluding hydrogens is 264 g/mol. The van der Waals surface area contributed by atoms with Crippen LogP contribution in [0.1, 0.15) is 24.8 Å². The van der Waals surface area contributed by atoms with Crippen LogP contribution in [0.2, 0.25) is 0 Å². The molecule has 2 rings (SSSR count). The number of benzene rings is 1. The monoisotopic (exact) mass is 280 g/mol. The first-order valence-electron chi connectivity index (χ1n) is 6.12. The van der Waals surface area contributed by atoms with Crippen molar-refractivity contribution in [3.63, 3.8) is 0 Å². The zero-order chi connectivity index (χ0) is 13.7. The van der Waals surface area contributed by atoms with Crippen LogP contribution in [-0.4, -0.2) is 21.9 Å². The summed E-state index contributed by atoms with van der Waals surface area (Å²) >= 11 is 1.54. The number of hydrogen-bond donors (Lipinski definition) is 2. The molecule has 0 aliphatic heterocycles. The van der Waals surface area contributed by atoms with Crippen LogP contribution in [0.15, 0.2) is 27.8 Å². The van der Waals surface area contributed by atoms with Gasteiger partial charge >= 0.3 is 0 Å². The predicted octanol–water partition coefficient (Wildman–Crippen LogP) is 2.90. The van der Waals surface area contributed by atoms with E-state index in [0.29, 0.717) is 11.6 Å². The van der Waals surface area contributed by atoms with E-state index >= 15 is 0 Å². The van der Waals surface area contributed by atoms with E-state index in [2.05, 4.69) is 4.98 Å². The van der Waals surface area contributed by atoms with Gasteiger partial charge in [0.2, 0.25) is 5.91 Å². The molecule has 0 saturated heterocycles. The summed E-state index contributed by atoms with van der Waals surface area (Å²) in [7, 11) is 0. The van der Waals surface area contributed by atoms with Crippen LogP contribution in [0.5, 0.6) is 0 Å². The van der Waals surface area contributed by atoms with E-state index in [0.717, 1.165) is 35.3 Å². The van der Waals surface area contributed by atoms with Gasteiger partial charge in [-0.05, 0) is 37.5 Å². The number of aromatic nitrogens is 1. The number of carbonyl (C=O) groups excluding carboxylic acids is 1. The number of oxazole rings is 1. The molecule has 19 heavy (non-hydrogen) atoms. The Labute approximate surface area is 115 Å². The molecule has 0 radical (unpaired) electrons. The molecule has 1 amide bonds. The number of amides is 1. The molecule has 1 aromatic carbocycles. The highest BCUT2D eigenvalue weighted by Crippen LogP contribution is 2.24. The van der Waals surface area contributed by atoms with Crippen molar-refractivity contribution in [3.8, 4) is 0 Å². The van der Waals surface area contributed by atoms with E-state index in [4.69, 9.17) is 9.62 Å². The molecule has 0 atom stereocenters. The largest absolute Gasteiger partial charge is 0.431 e. The van der Waals surface area contributed by atoms with Gasteiger partial charge < -0.3 is 4.42 Å². The van der Waals surface area contributed by atoms with E-state index in [1.54, 1.807) is 5.48 Å². The molecule has 0 bridgehead atoms. The number of thioether (sulfide) groups is 1. The lowest BCUT2D eigenvalue weighted by atomic mass is 10.2. The highest BCUT2D eigenvalue weighted by atomic mass is 32.2. The molecule has 6 heteroatoms. The van der Waals surface area contributed by atoms with E-state index < -0.39 is 0 Å². The predicted molar refractivity (Wildman–Crippen MR) is 73.3 cm³/mol. The van der Waals surface area contributed by atoms with Crippen LogP contribution in [0.25, 0.3) is 11.1 Å². The van der Waals surface area contributed by atoms with Crippen molar-refractivity contribution in [1.29, 1.82) is 0 Å². The fourth-order valence-electron chi connectivity index (χ4n) is 1.68. The Bertz CT molecular complexity index is 568. The van der Waals surface area contributed by atoms with Crippen molar-refractivity contribution >= 4 is 28.8 Å². The minimum atomic E-state index is -0.345. The number of unbranched alkanes of at least 4 members (excludes halogenated alkanes) is 1. The minimum absolute atomic E-state index is 0.337. The molecule has 0 unspecified atom stereocenters. The molecule has 102 valence electrons. The molecule has 0 aliphatic carbocycles. The Balaban J connectivity index is 1.80. The van der Waals surface area contributed by atoms with Crippen molar-refractivity contribution < 1.29 is 14.4 Å². The summed E-state index contributed by atoms with van der Waals surface area (Å²) in [5.41, 5.74) is 4.46. The molecule has 0 spiro atoms. The molecule has 5 nitrogen and oxygen atoms in total. The standard InChI is InChI=1S/C13H16N2O3S/c1-9-5-6-11-10(8-9)14-13(18-11)19-7-3-2-4-12(16)15-17/h5-6,8,17H,2-4,7H2,1H3,(H,15,16). The summed E-state index contributed by atoms with van der Waals surface area (Å²) in [6, 6.07) is 5.91. The zero-order valence-electron chi connectivity index (χ0n) is 10.7. The first kappa shape index (κ1) is 13.9. The van der Waals surface area contributed by atoms with Gasteiger partial charge in [-0.1, -0.05) is 17.8 Å². The topological polar surface area (TPSA) is 75.4 Å². The first-order valence-corrected chi connectivity index (χ1v) is 7.10. The Hall–Kier alpha value is -1.53. The number of hydrogen-bond acceptors (Lipinski definition) is 5. The van der Waals surface area contributed by atoms with Crippen molar-refractivity contribution in [3.05, 3.63) is 23.8 Å². The normalized spacial score (nSPS) is 10.8. The van der Waals surface area contributed by atoms with Crippen LogP contribution in [0.4, 0.5) is 0 Å². The van der Waals surface area contributed by atoms with Crippen molar-refractivity contribution in [2.45, 2.75) is 31.4 Å². The summed E-state index contributed by atoms with van der Waals surface area (Å²) in [4.78, 5) is 15.2. The molecular formula is C13H16N2O3S. The Morgan fingerprint density at radius 2 is 2.32 bits per heavy atom. The lowest BCUT2D eigenvalue weighted by Gasteiger charge is -1.98. The summed E-state index contributed by atoms with van der Waals surface area (Å²) in [6.45, 7) is 2.02. The third-order valence-electron chi connectivity index (χ3n) is 2.67. The summed E-state index contributed by atoms with van der Waals surface area (Å²) in [5.74, 6) is 0.493. The molecule has 0 aliphatic rings. The Morgan fingerprint density at radius 3 is 3.11 bits per heavy atom. The molecule has 0 saturated carbocycles. The number of hydroxylamine groups is 1. The maximum atomic E-state index is 10.8. The zero-order valence-corrected chi connectivity index (χ0v) is 11.5. The average molecular weight is 280 g/mol. The lowest BCUT2D eigenvalue weighted by molar-refractivity contribution is -0.129. The van der Waals surface area contributed by atoms with Crippen molar-refractivity contribution in [2.24, 2.45) is 0 Å². The molecule has 2 aromatic rings. The van der Waals surface area contributed by atoms with Crippen LogP contribution in [0.3, 0.4) is 0 Å². The van der Waals surface area contributed by atoms with Gasteiger partial charge in [0.15, 0.2) is 5.58 Å². The van der Waals surface area contributed by atoms with Gasteiger partial charge in [0.05, 0.1) is 0 Å². The van der Waals surface area contributed by atoms with Crippen LogP contribution in [-0.2, 0) is 4.79 Å². The third kappa shape index (κ3) is 3.97. The van der Waals surface area contributed by atoms with E-state index in [9.17, 15) is 4.79 Å². The number of fused-ring (bicyclic) bond motifs is 1. The highest BCUT2D eigenvalue weighted by Gasteiger charge is 2.06. The maximum absolute atomic E-state index is 10.8. The molecule has 1 aromatic heterocycles. The first-order chi connectivity index (χ1) is 9.19. The fraction of sp³-hybridized carbons (Fsp3) is 0.385. The van der Waals surface area contributed by atoms with E-state index in [-0.39, 0.29) is 5.91 Å². The quantitative estimate of drug-likeness (QED) is 0.368. The fourth-order valence-corrected chi connectivity index (χ4v) is 2.52. The number of aryl methyl sites for hydroxylation is 1.